The van der Waals surface area contributed by atoms with Crippen molar-refractivity contribution in [2.24, 2.45) is 0 Å². The Hall–Kier alpha value is -1.00. The summed E-state index contributed by atoms with van der Waals surface area (Å²) in [5.74, 6) is 1.52. The smallest absolute Gasteiger partial charge is 0.222 e. The van der Waals surface area contributed by atoms with Gasteiger partial charge in [-0.05, 0) is 18.4 Å². The lowest BCUT2D eigenvalue weighted by atomic mass is 10.1. The molecule has 1 spiro atoms. The van der Waals surface area contributed by atoms with Crippen LogP contribution in [0.25, 0.3) is 0 Å². The van der Waals surface area contributed by atoms with Gasteiger partial charge in [0.2, 0.25) is 5.91 Å². The predicted molar refractivity (Wildman–Crippen MR) is 88.1 cm³/mol. The molecule has 2 aliphatic rings. The number of rotatable bonds is 4. The van der Waals surface area contributed by atoms with E-state index >= 15 is 0 Å². The van der Waals surface area contributed by atoms with Crippen LogP contribution >= 0.6 is 11.8 Å². The average Bonchev–Trinajstić information content (AvgIpc) is 3.09. The third-order valence-electron chi connectivity index (χ3n) is 4.55. The highest BCUT2D eigenvalue weighted by molar-refractivity contribution is 8.00. The van der Waals surface area contributed by atoms with Gasteiger partial charge in [-0.25, -0.2) is 0 Å². The Kier molecular flexibility index (Phi) is 4.55. The van der Waals surface area contributed by atoms with E-state index in [1.54, 1.807) is 0 Å². The molecule has 0 aromatic heterocycles. The van der Waals surface area contributed by atoms with E-state index in [9.17, 15) is 4.79 Å². The molecule has 114 valence electrons. The second kappa shape index (κ2) is 6.41. The first kappa shape index (κ1) is 14.9. The van der Waals surface area contributed by atoms with Crippen LogP contribution in [0.1, 0.15) is 31.7 Å². The molecular formula is C17H24N2OS. The Morgan fingerprint density at radius 1 is 1.29 bits per heavy atom. The van der Waals surface area contributed by atoms with Gasteiger partial charge in [-0.3, -0.25) is 9.69 Å². The molecule has 3 nitrogen and oxygen atoms in total. The van der Waals surface area contributed by atoms with E-state index in [4.69, 9.17) is 0 Å². The van der Waals surface area contributed by atoms with E-state index in [1.807, 2.05) is 0 Å². The lowest BCUT2D eigenvalue weighted by molar-refractivity contribution is -0.130. The van der Waals surface area contributed by atoms with Gasteiger partial charge < -0.3 is 4.90 Å². The summed E-state index contributed by atoms with van der Waals surface area (Å²) in [6.45, 7) is 6.05. The summed E-state index contributed by atoms with van der Waals surface area (Å²) in [6, 6.07) is 10.7. The van der Waals surface area contributed by atoms with Gasteiger partial charge in [0.15, 0.2) is 0 Å². The first-order chi connectivity index (χ1) is 10.2. The Bertz CT molecular complexity index is 493. The fourth-order valence-corrected chi connectivity index (χ4v) is 4.91. The summed E-state index contributed by atoms with van der Waals surface area (Å²) < 4.78 is 0. The van der Waals surface area contributed by atoms with Crippen molar-refractivity contribution in [2.75, 3.05) is 25.4 Å². The molecule has 3 rings (SSSR count). The molecule has 2 heterocycles. The fraction of sp³-hybridized carbons (Fsp3) is 0.588. The summed E-state index contributed by atoms with van der Waals surface area (Å²) >= 11 is 2.05. The van der Waals surface area contributed by atoms with Crippen molar-refractivity contribution in [1.29, 1.82) is 0 Å². The molecule has 2 aliphatic heterocycles. The Morgan fingerprint density at radius 2 is 2.10 bits per heavy atom. The molecule has 1 aromatic rings. The van der Waals surface area contributed by atoms with Crippen molar-refractivity contribution in [3.05, 3.63) is 35.9 Å². The molecule has 21 heavy (non-hydrogen) atoms. The van der Waals surface area contributed by atoms with Crippen molar-refractivity contribution >= 4 is 17.7 Å². The molecule has 0 aliphatic carbocycles. The molecule has 1 amide bonds. The molecule has 0 bridgehead atoms. The van der Waals surface area contributed by atoms with Crippen LogP contribution in [0.2, 0.25) is 0 Å². The summed E-state index contributed by atoms with van der Waals surface area (Å²) in [6.07, 6.45) is 2.75. The van der Waals surface area contributed by atoms with E-state index in [0.29, 0.717) is 12.3 Å². The van der Waals surface area contributed by atoms with Crippen LogP contribution < -0.4 is 0 Å². The fourth-order valence-electron chi connectivity index (χ4n) is 3.39. The molecule has 1 atom stereocenters. The van der Waals surface area contributed by atoms with Gasteiger partial charge in [-0.1, -0.05) is 37.3 Å². The highest BCUT2D eigenvalue weighted by Crippen LogP contribution is 2.43. The summed E-state index contributed by atoms with van der Waals surface area (Å²) in [5, 5.41) is 0. The van der Waals surface area contributed by atoms with Crippen LogP contribution in [-0.2, 0) is 11.3 Å². The van der Waals surface area contributed by atoms with Gasteiger partial charge in [0.05, 0.1) is 4.87 Å². The van der Waals surface area contributed by atoms with Gasteiger partial charge in [0.25, 0.3) is 0 Å². The van der Waals surface area contributed by atoms with Crippen molar-refractivity contribution < 1.29 is 4.79 Å². The second-order valence-corrected chi connectivity index (χ2v) is 7.47. The molecular weight excluding hydrogens is 280 g/mol. The number of benzene rings is 1. The number of carbonyl (C=O) groups excluding carboxylic acids is 1. The summed E-state index contributed by atoms with van der Waals surface area (Å²) in [7, 11) is 0. The van der Waals surface area contributed by atoms with Gasteiger partial charge in [-0.15, -0.1) is 11.8 Å². The van der Waals surface area contributed by atoms with Crippen molar-refractivity contribution in [3.8, 4) is 0 Å². The molecule has 1 unspecified atom stereocenters. The summed E-state index contributed by atoms with van der Waals surface area (Å²) in [5.41, 5.74) is 1.37. The van der Waals surface area contributed by atoms with Crippen LogP contribution in [0.15, 0.2) is 30.3 Å². The minimum Gasteiger partial charge on any atom is -0.340 e. The zero-order chi connectivity index (χ0) is 14.7. The summed E-state index contributed by atoms with van der Waals surface area (Å²) in [4.78, 5) is 17.0. The molecule has 1 aromatic carbocycles. The third kappa shape index (κ3) is 3.11. The van der Waals surface area contributed by atoms with E-state index in [1.165, 1.54) is 11.3 Å². The van der Waals surface area contributed by atoms with Crippen LogP contribution in [-0.4, -0.2) is 46.0 Å². The van der Waals surface area contributed by atoms with Crippen molar-refractivity contribution in [3.63, 3.8) is 0 Å². The van der Waals surface area contributed by atoms with E-state index in [-0.39, 0.29) is 4.87 Å². The van der Waals surface area contributed by atoms with E-state index < -0.39 is 0 Å². The number of amides is 1. The molecule has 0 N–H and O–H groups in total. The lowest BCUT2D eigenvalue weighted by Gasteiger charge is -2.34. The maximum atomic E-state index is 12.1. The second-order valence-electron chi connectivity index (χ2n) is 6.02. The topological polar surface area (TPSA) is 23.6 Å². The zero-order valence-corrected chi connectivity index (χ0v) is 13.6. The quantitative estimate of drug-likeness (QED) is 0.854. The Balaban J connectivity index is 1.68. The highest BCUT2D eigenvalue weighted by Gasteiger charge is 2.47. The van der Waals surface area contributed by atoms with E-state index in [0.717, 1.165) is 39.0 Å². The molecule has 0 radical (unpaired) electrons. The number of thioether (sulfide) groups is 1. The van der Waals surface area contributed by atoms with Gasteiger partial charge in [0, 0.05) is 38.4 Å². The molecule has 0 saturated carbocycles. The minimum absolute atomic E-state index is 0.166. The minimum atomic E-state index is 0.166. The maximum Gasteiger partial charge on any atom is 0.222 e. The highest BCUT2D eigenvalue weighted by atomic mass is 32.2. The third-order valence-corrected chi connectivity index (χ3v) is 6.07. The van der Waals surface area contributed by atoms with Crippen molar-refractivity contribution in [1.82, 2.24) is 9.80 Å². The lowest BCUT2D eigenvalue weighted by Crippen LogP contribution is -2.44. The SMILES string of the molecule is CCCC(=O)N1CCC2(C1)SCCN2Cc1ccccc1. The van der Waals surface area contributed by atoms with Crippen LogP contribution in [0.3, 0.4) is 0 Å². The predicted octanol–water partition coefficient (Wildman–Crippen LogP) is 2.96. The van der Waals surface area contributed by atoms with Crippen LogP contribution in [0.5, 0.6) is 0 Å². The normalized spacial score (nSPS) is 25.9. The number of hydrogen-bond donors (Lipinski definition) is 0. The zero-order valence-electron chi connectivity index (χ0n) is 12.8. The molecule has 4 heteroatoms. The Labute approximate surface area is 131 Å². The first-order valence-corrected chi connectivity index (χ1v) is 8.93. The number of carbonyl (C=O) groups is 1. The standard InChI is InChI=1S/C17H24N2OS/c1-2-6-16(20)18-10-9-17(14-18)19(11-12-21-17)13-15-7-4-3-5-8-15/h3-5,7-8H,2,6,9-14H2,1H3. The average molecular weight is 304 g/mol. The van der Waals surface area contributed by atoms with Crippen LogP contribution in [0.4, 0.5) is 0 Å². The first-order valence-electron chi connectivity index (χ1n) is 7.94. The monoisotopic (exact) mass is 304 g/mol. The molecule has 2 saturated heterocycles. The van der Waals surface area contributed by atoms with Gasteiger partial charge in [0.1, 0.15) is 0 Å². The van der Waals surface area contributed by atoms with Gasteiger partial charge in [-0.2, -0.15) is 0 Å². The maximum absolute atomic E-state index is 12.1. The van der Waals surface area contributed by atoms with E-state index in [2.05, 4.69) is 58.8 Å². The number of nitrogens with zero attached hydrogens (tertiary/aromatic N) is 2. The number of likely N-dealkylation sites (tertiary alicyclic amines) is 1. The van der Waals surface area contributed by atoms with Gasteiger partial charge >= 0.3 is 0 Å². The number of hydrogen-bond acceptors (Lipinski definition) is 3. The Morgan fingerprint density at radius 3 is 2.86 bits per heavy atom. The largest absolute Gasteiger partial charge is 0.340 e. The van der Waals surface area contributed by atoms with Crippen LogP contribution in [0, 0.1) is 0 Å². The molecule has 2 fully saturated rings. The van der Waals surface area contributed by atoms with Crippen molar-refractivity contribution in [2.45, 2.75) is 37.6 Å².